The van der Waals surface area contributed by atoms with Crippen LogP contribution in [-0.2, 0) is 6.42 Å². The fraction of sp³-hybridized carbons (Fsp3) is 0.286. The first-order chi connectivity index (χ1) is 9.58. The van der Waals surface area contributed by atoms with E-state index in [2.05, 4.69) is 4.98 Å². The lowest BCUT2D eigenvalue weighted by molar-refractivity contribution is 0.0700. The number of thiazole rings is 1. The van der Waals surface area contributed by atoms with Crippen LogP contribution in [-0.4, -0.2) is 23.2 Å². The topological polar surface area (TPSA) is 59.4 Å². The van der Waals surface area contributed by atoms with Gasteiger partial charge in [0.2, 0.25) is 0 Å². The van der Waals surface area contributed by atoms with Crippen molar-refractivity contribution in [2.75, 3.05) is 7.11 Å². The minimum Gasteiger partial charge on any atom is -0.496 e. The molecule has 6 heteroatoms. The van der Waals surface area contributed by atoms with Crippen LogP contribution in [0.25, 0.3) is 10.6 Å². The van der Waals surface area contributed by atoms with Gasteiger partial charge in [0.15, 0.2) is 0 Å². The number of benzene rings is 1. The number of hydrogen-bond donors (Lipinski definition) is 1. The average Bonchev–Trinajstić information content (AvgIpc) is 2.82. The summed E-state index contributed by atoms with van der Waals surface area (Å²) in [5.74, 6) is -0.366. The zero-order chi connectivity index (χ0) is 14.7. The Morgan fingerprint density at radius 2 is 2.25 bits per heavy atom. The highest BCUT2D eigenvalue weighted by Gasteiger charge is 2.21. The smallest absolute Gasteiger partial charge is 0.347 e. The molecule has 0 aliphatic heterocycles. The minimum absolute atomic E-state index is 0.267. The molecule has 0 saturated heterocycles. The van der Waals surface area contributed by atoms with E-state index in [4.69, 9.17) is 16.3 Å². The highest BCUT2D eigenvalue weighted by molar-refractivity contribution is 7.17. The van der Waals surface area contributed by atoms with E-state index < -0.39 is 5.97 Å². The van der Waals surface area contributed by atoms with Gasteiger partial charge in [0.05, 0.1) is 23.4 Å². The number of aromatic carboxylic acids is 1. The third-order valence-electron chi connectivity index (χ3n) is 2.79. The molecule has 1 aromatic heterocycles. The third-order valence-corrected chi connectivity index (χ3v) is 4.21. The van der Waals surface area contributed by atoms with Crippen molar-refractivity contribution in [3.63, 3.8) is 0 Å². The Bertz CT molecular complexity index is 639. The Morgan fingerprint density at radius 1 is 1.50 bits per heavy atom. The average molecular weight is 312 g/mol. The minimum atomic E-state index is -0.955. The Balaban J connectivity index is 2.59. The number of halogens is 1. The van der Waals surface area contributed by atoms with Crippen LogP contribution in [0.1, 0.15) is 28.7 Å². The quantitative estimate of drug-likeness (QED) is 0.902. The number of carboxylic acids is 1. The summed E-state index contributed by atoms with van der Waals surface area (Å²) in [6.45, 7) is 1.99. The van der Waals surface area contributed by atoms with Crippen LogP contribution in [0.15, 0.2) is 18.2 Å². The molecule has 1 aromatic carbocycles. The summed E-state index contributed by atoms with van der Waals surface area (Å²) >= 11 is 7.33. The fourth-order valence-electron chi connectivity index (χ4n) is 1.91. The monoisotopic (exact) mass is 311 g/mol. The van der Waals surface area contributed by atoms with Gasteiger partial charge in [-0.15, -0.1) is 11.3 Å². The molecule has 0 radical (unpaired) electrons. The molecule has 106 valence electrons. The number of hydrogen-bond acceptors (Lipinski definition) is 4. The molecule has 0 spiro atoms. The van der Waals surface area contributed by atoms with Crippen LogP contribution >= 0.6 is 22.9 Å². The molecule has 0 aliphatic carbocycles. The Hall–Kier alpha value is -1.59. The molecule has 4 nitrogen and oxygen atoms in total. The van der Waals surface area contributed by atoms with Crippen molar-refractivity contribution < 1.29 is 14.6 Å². The Morgan fingerprint density at radius 3 is 2.85 bits per heavy atom. The number of nitrogens with zero attached hydrogens (tertiary/aromatic N) is 1. The van der Waals surface area contributed by atoms with Gasteiger partial charge in [-0.2, -0.15) is 0 Å². The van der Waals surface area contributed by atoms with Gasteiger partial charge in [-0.25, -0.2) is 9.78 Å². The summed E-state index contributed by atoms with van der Waals surface area (Å²) in [6, 6.07) is 5.30. The summed E-state index contributed by atoms with van der Waals surface area (Å²) < 4.78 is 5.28. The first-order valence-electron chi connectivity index (χ1n) is 6.14. The van der Waals surface area contributed by atoms with Crippen molar-refractivity contribution in [3.8, 4) is 16.3 Å². The largest absolute Gasteiger partial charge is 0.496 e. The van der Waals surface area contributed by atoms with Gasteiger partial charge in [0.1, 0.15) is 15.6 Å². The molecule has 0 atom stereocenters. The number of methoxy groups -OCH3 is 1. The zero-order valence-electron chi connectivity index (χ0n) is 11.1. The molecule has 2 rings (SSSR count). The standard InChI is InChI=1S/C14H14ClNO3S/c1-3-5-9-12(14(17)18)20-13(16-9)11-8(15)6-4-7-10(11)19-2/h4,6-7H,3,5H2,1-2H3,(H,17,18). The molecule has 0 unspecified atom stereocenters. The summed E-state index contributed by atoms with van der Waals surface area (Å²) in [4.78, 5) is 16.0. The first kappa shape index (κ1) is 14.8. The maximum Gasteiger partial charge on any atom is 0.347 e. The number of ether oxygens (including phenoxy) is 1. The Labute approximate surface area is 126 Å². The van der Waals surface area contributed by atoms with Gasteiger partial charge < -0.3 is 9.84 Å². The molecule has 0 fully saturated rings. The maximum absolute atomic E-state index is 11.3. The second-order valence-corrected chi connectivity index (χ2v) is 5.57. The number of rotatable bonds is 5. The van der Waals surface area contributed by atoms with E-state index in [1.54, 1.807) is 25.3 Å². The van der Waals surface area contributed by atoms with Crippen LogP contribution in [0.4, 0.5) is 0 Å². The van der Waals surface area contributed by atoms with E-state index in [-0.39, 0.29) is 4.88 Å². The maximum atomic E-state index is 11.3. The molecule has 0 aliphatic rings. The first-order valence-corrected chi connectivity index (χ1v) is 7.33. The number of aromatic nitrogens is 1. The van der Waals surface area contributed by atoms with Gasteiger partial charge in [0, 0.05) is 0 Å². The molecule has 1 heterocycles. The van der Waals surface area contributed by atoms with E-state index >= 15 is 0 Å². The summed E-state index contributed by atoms with van der Waals surface area (Å²) in [5.41, 5.74) is 1.24. The number of aryl methyl sites for hydroxylation is 1. The molecular formula is C14H14ClNO3S. The second-order valence-electron chi connectivity index (χ2n) is 4.17. The van der Waals surface area contributed by atoms with Gasteiger partial charge >= 0.3 is 5.97 Å². The number of carbonyl (C=O) groups is 1. The van der Waals surface area contributed by atoms with Crippen molar-refractivity contribution in [3.05, 3.63) is 33.8 Å². The van der Waals surface area contributed by atoms with Gasteiger partial charge in [-0.3, -0.25) is 0 Å². The van der Waals surface area contributed by atoms with E-state index in [9.17, 15) is 9.90 Å². The van der Waals surface area contributed by atoms with Gasteiger partial charge in [0.25, 0.3) is 0 Å². The molecule has 20 heavy (non-hydrogen) atoms. The normalized spacial score (nSPS) is 10.6. The van der Waals surface area contributed by atoms with Crippen LogP contribution in [0.2, 0.25) is 5.02 Å². The van der Waals surface area contributed by atoms with E-state index in [1.165, 1.54) is 0 Å². The molecule has 0 bridgehead atoms. The molecular weight excluding hydrogens is 298 g/mol. The second kappa shape index (κ2) is 6.24. The predicted molar refractivity (Wildman–Crippen MR) is 80.1 cm³/mol. The van der Waals surface area contributed by atoms with Crippen LogP contribution in [0.5, 0.6) is 5.75 Å². The lowest BCUT2D eigenvalue weighted by Gasteiger charge is -2.07. The highest BCUT2D eigenvalue weighted by atomic mass is 35.5. The highest BCUT2D eigenvalue weighted by Crippen LogP contribution is 2.39. The van der Waals surface area contributed by atoms with Crippen LogP contribution in [0.3, 0.4) is 0 Å². The predicted octanol–water partition coefficient (Wildman–Crippen LogP) is 4.12. The molecule has 0 saturated carbocycles. The van der Waals surface area contributed by atoms with E-state index in [0.717, 1.165) is 17.8 Å². The Kier molecular flexibility index (Phi) is 4.62. The van der Waals surface area contributed by atoms with E-state index in [1.807, 2.05) is 6.92 Å². The fourth-order valence-corrected chi connectivity index (χ4v) is 3.24. The summed E-state index contributed by atoms with van der Waals surface area (Å²) in [6.07, 6.45) is 1.47. The lowest BCUT2D eigenvalue weighted by Crippen LogP contribution is -1.98. The molecule has 1 N–H and O–H groups in total. The van der Waals surface area contributed by atoms with Crippen LogP contribution in [0, 0.1) is 0 Å². The van der Waals surface area contributed by atoms with Gasteiger partial charge in [-0.1, -0.05) is 31.0 Å². The van der Waals surface area contributed by atoms with E-state index in [0.29, 0.717) is 33.5 Å². The van der Waals surface area contributed by atoms with Crippen molar-refractivity contribution in [2.45, 2.75) is 19.8 Å². The third kappa shape index (κ3) is 2.78. The van der Waals surface area contributed by atoms with Crippen molar-refractivity contribution in [1.82, 2.24) is 4.98 Å². The van der Waals surface area contributed by atoms with Crippen molar-refractivity contribution in [1.29, 1.82) is 0 Å². The van der Waals surface area contributed by atoms with Crippen molar-refractivity contribution >= 4 is 28.9 Å². The van der Waals surface area contributed by atoms with Gasteiger partial charge in [-0.05, 0) is 18.6 Å². The number of carboxylic acid groups (broad SMARTS) is 1. The zero-order valence-corrected chi connectivity index (χ0v) is 12.7. The van der Waals surface area contributed by atoms with Crippen LogP contribution < -0.4 is 4.74 Å². The molecule has 0 amide bonds. The summed E-state index contributed by atoms with van der Waals surface area (Å²) in [5, 5.41) is 10.3. The summed E-state index contributed by atoms with van der Waals surface area (Å²) in [7, 11) is 1.55. The molecule has 2 aromatic rings. The SMILES string of the molecule is CCCc1nc(-c2c(Cl)cccc2OC)sc1C(=O)O. The van der Waals surface area contributed by atoms with Crippen molar-refractivity contribution in [2.24, 2.45) is 0 Å². The lowest BCUT2D eigenvalue weighted by atomic mass is 10.2.